The molecule has 1 aliphatic heterocycles. The van der Waals surface area contributed by atoms with E-state index in [9.17, 15) is 14.7 Å². The summed E-state index contributed by atoms with van der Waals surface area (Å²) in [5.41, 5.74) is 0. The van der Waals surface area contributed by atoms with Gasteiger partial charge in [0.25, 0.3) is 5.91 Å². The first-order valence-corrected chi connectivity index (χ1v) is 7.00. The molecule has 3 atom stereocenters. The largest absolute Gasteiger partial charge is 0.382 e. The highest BCUT2D eigenvalue weighted by Crippen LogP contribution is 2.20. The van der Waals surface area contributed by atoms with Gasteiger partial charge >= 0.3 is 0 Å². The molecule has 0 aromatic heterocycles. The zero-order valence-electron chi connectivity index (χ0n) is 12.1. The molecule has 0 unspecified atom stereocenters. The van der Waals surface area contributed by atoms with Crippen molar-refractivity contribution in [3.05, 3.63) is 25.3 Å². The zero-order chi connectivity index (χ0) is 15.7. The minimum atomic E-state index is -1.48. The molecule has 1 heterocycles. The number of aliphatic hydroxyl groups excluding tert-OH is 1. The SMILES string of the molecule is C=CCOC[C@H]1CCCN1C(=O)[C@H](OCC=C)[C@@H](O)C=O. The molecule has 0 aromatic rings. The molecule has 1 saturated heterocycles. The van der Waals surface area contributed by atoms with Crippen molar-refractivity contribution in [1.29, 1.82) is 0 Å². The Morgan fingerprint density at radius 2 is 2.10 bits per heavy atom. The van der Waals surface area contributed by atoms with Crippen LogP contribution in [0.2, 0.25) is 0 Å². The third-order valence-corrected chi connectivity index (χ3v) is 3.29. The van der Waals surface area contributed by atoms with Gasteiger partial charge in [0, 0.05) is 6.54 Å². The molecule has 1 N–H and O–H groups in total. The van der Waals surface area contributed by atoms with Crippen molar-refractivity contribution in [3.63, 3.8) is 0 Å². The molecule has 118 valence electrons. The van der Waals surface area contributed by atoms with E-state index >= 15 is 0 Å². The lowest BCUT2D eigenvalue weighted by atomic mass is 10.1. The van der Waals surface area contributed by atoms with Crippen LogP contribution in [0.4, 0.5) is 0 Å². The van der Waals surface area contributed by atoms with E-state index in [1.165, 1.54) is 6.08 Å². The van der Waals surface area contributed by atoms with Gasteiger partial charge < -0.3 is 24.3 Å². The molecule has 1 aliphatic rings. The first kappa shape index (κ1) is 17.6. The monoisotopic (exact) mass is 297 g/mol. The van der Waals surface area contributed by atoms with Gasteiger partial charge in [-0.2, -0.15) is 0 Å². The van der Waals surface area contributed by atoms with Crippen LogP contribution in [0.15, 0.2) is 25.3 Å². The van der Waals surface area contributed by atoms with E-state index in [1.54, 1.807) is 11.0 Å². The summed E-state index contributed by atoms with van der Waals surface area (Å²) in [4.78, 5) is 24.8. The average Bonchev–Trinajstić information content (AvgIpc) is 2.95. The second kappa shape index (κ2) is 9.44. The molecule has 0 aliphatic carbocycles. The van der Waals surface area contributed by atoms with E-state index in [-0.39, 0.29) is 18.6 Å². The van der Waals surface area contributed by atoms with Gasteiger partial charge in [-0.05, 0) is 12.8 Å². The van der Waals surface area contributed by atoms with Gasteiger partial charge in [0.15, 0.2) is 12.4 Å². The van der Waals surface area contributed by atoms with Crippen LogP contribution in [0.25, 0.3) is 0 Å². The maximum Gasteiger partial charge on any atom is 0.255 e. The maximum absolute atomic E-state index is 12.5. The van der Waals surface area contributed by atoms with Crippen molar-refractivity contribution >= 4 is 12.2 Å². The van der Waals surface area contributed by atoms with Crippen LogP contribution in [0.5, 0.6) is 0 Å². The van der Waals surface area contributed by atoms with Crippen molar-refractivity contribution in [1.82, 2.24) is 4.90 Å². The number of hydrogen-bond acceptors (Lipinski definition) is 5. The maximum atomic E-state index is 12.5. The summed E-state index contributed by atoms with van der Waals surface area (Å²) in [5, 5.41) is 9.66. The number of aldehydes is 1. The molecular formula is C15H23NO5. The Balaban J connectivity index is 2.68. The van der Waals surface area contributed by atoms with Gasteiger partial charge in [-0.25, -0.2) is 0 Å². The Morgan fingerprint density at radius 3 is 2.71 bits per heavy atom. The first-order valence-electron chi connectivity index (χ1n) is 7.00. The summed E-state index contributed by atoms with van der Waals surface area (Å²) >= 11 is 0. The van der Waals surface area contributed by atoms with E-state index in [0.717, 1.165) is 12.8 Å². The fraction of sp³-hybridized carbons (Fsp3) is 0.600. The molecule has 1 fully saturated rings. The number of hydrogen-bond donors (Lipinski definition) is 1. The highest BCUT2D eigenvalue weighted by atomic mass is 16.5. The second-order valence-corrected chi connectivity index (χ2v) is 4.82. The Morgan fingerprint density at radius 1 is 1.38 bits per heavy atom. The minimum Gasteiger partial charge on any atom is -0.382 e. The summed E-state index contributed by atoms with van der Waals surface area (Å²) in [7, 11) is 0. The summed E-state index contributed by atoms with van der Waals surface area (Å²) in [6.07, 6.45) is 2.44. The number of nitrogens with zero attached hydrogens (tertiary/aromatic N) is 1. The van der Waals surface area contributed by atoms with Gasteiger partial charge in [-0.1, -0.05) is 12.2 Å². The normalized spacial score (nSPS) is 20.8. The molecule has 1 rings (SSSR count). The molecule has 6 heteroatoms. The van der Waals surface area contributed by atoms with Crippen LogP contribution in [-0.4, -0.2) is 66.8 Å². The predicted molar refractivity (Wildman–Crippen MR) is 77.8 cm³/mol. The van der Waals surface area contributed by atoms with Crippen LogP contribution >= 0.6 is 0 Å². The lowest BCUT2D eigenvalue weighted by molar-refractivity contribution is -0.154. The Bertz CT molecular complexity index is 371. The fourth-order valence-electron chi connectivity index (χ4n) is 2.31. The van der Waals surface area contributed by atoms with Crippen molar-refractivity contribution in [3.8, 4) is 0 Å². The molecule has 6 nitrogen and oxygen atoms in total. The van der Waals surface area contributed by atoms with E-state index in [0.29, 0.717) is 26.0 Å². The van der Waals surface area contributed by atoms with Crippen LogP contribution in [0.1, 0.15) is 12.8 Å². The molecule has 0 radical (unpaired) electrons. The van der Waals surface area contributed by atoms with Crippen LogP contribution in [-0.2, 0) is 19.1 Å². The average molecular weight is 297 g/mol. The Hall–Kier alpha value is -1.50. The van der Waals surface area contributed by atoms with Gasteiger partial charge in [-0.3, -0.25) is 4.79 Å². The van der Waals surface area contributed by atoms with E-state index in [1.807, 2.05) is 0 Å². The zero-order valence-corrected chi connectivity index (χ0v) is 12.1. The Labute approximate surface area is 125 Å². The fourth-order valence-corrected chi connectivity index (χ4v) is 2.31. The molecule has 21 heavy (non-hydrogen) atoms. The highest BCUT2D eigenvalue weighted by Gasteiger charge is 2.36. The summed E-state index contributed by atoms with van der Waals surface area (Å²) < 4.78 is 10.6. The van der Waals surface area contributed by atoms with Gasteiger partial charge in [-0.15, -0.1) is 13.2 Å². The number of carbonyl (C=O) groups is 2. The third kappa shape index (κ3) is 5.08. The van der Waals surface area contributed by atoms with Crippen molar-refractivity contribution in [2.24, 2.45) is 0 Å². The van der Waals surface area contributed by atoms with Gasteiger partial charge in [0.05, 0.1) is 25.9 Å². The van der Waals surface area contributed by atoms with Crippen molar-refractivity contribution in [2.45, 2.75) is 31.1 Å². The first-order chi connectivity index (χ1) is 10.2. The van der Waals surface area contributed by atoms with E-state index in [4.69, 9.17) is 9.47 Å². The quantitative estimate of drug-likeness (QED) is 0.357. The summed E-state index contributed by atoms with van der Waals surface area (Å²) in [6, 6.07) is -0.0638. The number of amides is 1. The lowest BCUT2D eigenvalue weighted by Crippen LogP contribution is -2.49. The topological polar surface area (TPSA) is 76.1 Å². The number of likely N-dealkylation sites (tertiary alicyclic amines) is 1. The number of aliphatic hydroxyl groups is 1. The van der Waals surface area contributed by atoms with Crippen molar-refractivity contribution < 1.29 is 24.2 Å². The van der Waals surface area contributed by atoms with Crippen LogP contribution in [0.3, 0.4) is 0 Å². The summed E-state index contributed by atoms with van der Waals surface area (Å²) in [5.74, 6) is -0.388. The van der Waals surface area contributed by atoms with Gasteiger partial charge in [0.2, 0.25) is 0 Å². The summed E-state index contributed by atoms with van der Waals surface area (Å²) in [6.45, 7) is 8.55. The lowest BCUT2D eigenvalue weighted by Gasteiger charge is -2.29. The molecule has 0 bridgehead atoms. The second-order valence-electron chi connectivity index (χ2n) is 4.82. The van der Waals surface area contributed by atoms with Crippen LogP contribution in [0, 0.1) is 0 Å². The minimum absolute atomic E-state index is 0.0638. The Kier molecular flexibility index (Phi) is 7.89. The van der Waals surface area contributed by atoms with Gasteiger partial charge in [0.1, 0.15) is 6.10 Å². The predicted octanol–water partition coefficient (Wildman–Crippen LogP) is 0.311. The molecule has 0 saturated carbocycles. The number of ether oxygens (including phenoxy) is 2. The van der Waals surface area contributed by atoms with Crippen LogP contribution < -0.4 is 0 Å². The van der Waals surface area contributed by atoms with E-state index in [2.05, 4.69) is 13.2 Å². The third-order valence-electron chi connectivity index (χ3n) is 3.29. The smallest absolute Gasteiger partial charge is 0.255 e. The standard InChI is InChI=1S/C15H23NO5/c1-3-8-20-11-12-6-5-7-16(12)15(19)14(13(18)10-17)21-9-4-2/h3-4,10,12-14,18H,1-2,5-9,11H2/t12-,13+,14-/m1/s1. The number of carbonyl (C=O) groups excluding carboxylic acids is 2. The van der Waals surface area contributed by atoms with Crippen molar-refractivity contribution in [2.75, 3.05) is 26.4 Å². The van der Waals surface area contributed by atoms with E-state index < -0.39 is 12.2 Å². The molecule has 0 aromatic carbocycles. The molecular weight excluding hydrogens is 274 g/mol. The highest BCUT2D eigenvalue weighted by molar-refractivity contribution is 5.85. The number of rotatable bonds is 10. The molecule has 1 amide bonds. The molecule has 0 spiro atoms.